The van der Waals surface area contributed by atoms with E-state index in [0.717, 1.165) is 36.6 Å². The molecule has 1 saturated heterocycles. The zero-order valence-corrected chi connectivity index (χ0v) is 14.3. The van der Waals surface area contributed by atoms with E-state index in [0.29, 0.717) is 16.7 Å². The fourth-order valence-corrected chi connectivity index (χ4v) is 3.80. The molecule has 4 rings (SSSR count). The molecule has 24 heavy (non-hydrogen) atoms. The number of piperidine rings is 1. The van der Waals surface area contributed by atoms with Crippen LogP contribution in [-0.4, -0.2) is 51.9 Å². The smallest absolute Gasteiger partial charge is 0.256 e. The van der Waals surface area contributed by atoms with Gasteiger partial charge >= 0.3 is 0 Å². The van der Waals surface area contributed by atoms with Crippen molar-refractivity contribution in [1.82, 2.24) is 25.2 Å². The van der Waals surface area contributed by atoms with Crippen LogP contribution in [0.1, 0.15) is 23.2 Å². The van der Waals surface area contributed by atoms with Crippen molar-refractivity contribution in [2.75, 3.05) is 20.1 Å². The summed E-state index contributed by atoms with van der Waals surface area (Å²) < 4.78 is 0. The lowest BCUT2D eigenvalue weighted by atomic mass is 10.1. The summed E-state index contributed by atoms with van der Waals surface area (Å²) in [5, 5.41) is 5.36. The SMILES string of the molecule is CN(C(=O)c1ccnc2[nH]c(-c3cccs3)nc12)C1CCCNC1. The summed E-state index contributed by atoms with van der Waals surface area (Å²) in [5.74, 6) is 0.759. The first kappa shape index (κ1) is 15.3. The molecule has 0 aliphatic carbocycles. The Balaban J connectivity index is 1.69. The second-order valence-corrected chi connectivity index (χ2v) is 6.98. The summed E-state index contributed by atoms with van der Waals surface area (Å²) in [7, 11) is 1.87. The third-order valence-electron chi connectivity index (χ3n) is 4.51. The van der Waals surface area contributed by atoms with Gasteiger partial charge in [0.2, 0.25) is 0 Å². The van der Waals surface area contributed by atoms with Crippen molar-refractivity contribution in [3.8, 4) is 10.7 Å². The fraction of sp³-hybridized carbons (Fsp3) is 0.353. The van der Waals surface area contributed by atoms with Gasteiger partial charge in [0, 0.05) is 25.8 Å². The minimum Gasteiger partial charge on any atom is -0.337 e. The van der Waals surface area contributed by atoms with E-state index in [1.165, 1.54) is 0 Å². The van der Waals surface area contributed by atoms with E-state index < -0.39 is 0 Å². The Morgan fingerprint density at radius 2 is 2.33 bits per heavy atom. The second-order valence-electron chi connectivity index (χ2n) is 6.03. The predicted molar refractivity (Wildman–Crippen MR) is 95.2 cm³/mol. The van der Waals surface area contributed by atoms with Gasteiger partial charge in [-0.2, -0.15) is 0 Å². The molecule has 0 radical (unpaired) electrons. The van der Waals surface area contributed by atoms with Gasteiger partial charge in [-0.3, -0.25) is 4.79 Å². The zero-order chi connectivity index (χ0) is 16.5. The van der Waals surface area contributed by atoms with Crippen molar-refractivity contribution >= 4 is 28.4 Å². The molecule has 124 valence electrons. The number of amides is 1. The lowest BCUT2D eigenvalue weighted by Gasteiger charge is -2.31. The molecule has 1 atom stereocenters. The molecule has 2 N–H and O–H groups in total. The van der Waals surface area contributed by atoms with Gasteiger partial charge < -0.3 is 15.2 Å². The molecule has 0 bridgehead atoms. The number of imidazole rings is 1. The van der Waals surface area contributed by atoms with E-state index in [1.807, 2.05) is 29.5 Å². The van der Waals surface area contributed by atoms with Gasteiger partial charge in [0.15, 0.2) is 5.65 Å². The maximum atomic E-state index is 13.0. The average molecular weight is 341 g/mol. The molecule has 1 aliphatic heterocycles. The highest BCUT2D eigenvalue weighted by atomic mass is 32.1. The van der Waals surface area contributed by atoms with Gasteiger partial charge in [-0.25, -0.2) is 9.97 Å². The first-order valence-electron chi connectivity index (χ1n) is 8.10. The van der Waals surface area contributed by atoms with Crippen molar-refractivity contribution < 1.29 is 4.79 Å². The zero-order valence-electron chi connectivity index (χ0n) is 13.5. The molecule has 3 aromatic heterocycles. The standard InChI is InChI=1S/C17H19N5OS/c1-22(11-4-2-7-18-10-11)17(23)12-6-8-19-16-14(12)20-15(21-16)13-5-3-9-24-13/h3,5-6,8-9,11,18H,2,4,7,10H2,1H3,(H,19,20,21). The molecule has 0 aromatic carbocycles. The first-order chi connectivity index (χ1) is 11.7. The van der Waals surface area contributed by atoms with Crippen molar-refractivity contribution in [1.29, 1.82) is 0 Å². The number of rotatable bonds is 3. The number of hydrogen-bond donors (Lipinski definition) is 2. The van der Waals surface area contributed by atoms with Gasteiger partial charge in [-0.05, 0) is 36.9 Å². The topological polar surface area (TPSA) is 73.9 Å². The van der Waals surface area contributed by atoms with Crippen LogP contribution >= 0.6 is 11.3 Å². The van der Waals surface area contributed by atoms with Crippen LogP contribution in [0.3, 0.4) is 0 Å². The fourth-order valence-electron chi connectivity index (χ4n) is 3.13. The van der Waals surface area contributed by atoms with Crippen LogP contribution in [0.25, 0.3) is 21.9 Å². The van der Waals surface area contributed by atoms with Gasteiger partial charge in [0.25, 0.3) is 5.91 Å². The number of pyridine rings is 1. The highest BCUT2D eigenvalue weighted by molar-refractivity contribution is 7.13. The summed E-state index contributed by atoms with van der Waals surface area (Å²) in [5.41, 5.74) is 1.90. The number of likely N-dealkylation sites (N-methyl/N-ethyl adjacent to an activating group) is 1. The van der Waals surface area contributed by atoms with Crippen LogP contribution in [0.4, 0.5) is 0 Å². The minimum atomic E-state index is 0.000305. The van der Waals surface area contributed by atoms with Crippen LogP contribution in [0.2, 0.25) is 0 Å². The van der Waals surface area contributed by atoms with E-state index in [2.05, 4.69) is 20.3 Å². The molecular formula is C17H19N5OS. The third-order valence-corrected chi connectivity index (χ3v) is 5.39. The lowest BCUT2D eigenvalue weighted by molar-refractivity contribution is 0.0710. The summed E-state index contributed by atoms with van der Waals surface area (Å²) in [4.78, 5) is 28.0. The lowest BCUT2D eigenvalue weighted by Crippen LogP contribution is -2.46. The number of hydrogen-bond acceptors (Lipinski definition) is 5. The monoisotopic (exact) mass is 341 g/mol. The Kier molecular flexibility index (Phi) is 4.03. The Morgan fingerprint density at radius 3 is 3.08 bits per heavy atom. The number of aromatic nitrogens is 3. The van der Waals surface area contributed by atoms with Crippen LogP contribution in [0.15, 0.2) is 29.8 Å². The number of fused-ring (bicyclic) bond motifs is 1. The Bertz CT molecular complexity index is 851. The van der Waals surface area contributed by atoms with Gasteiger partial charge in [0.05, 0.1) is 10.4 Å². The van der Waals surface area contributed by atoms with Gasteiger partial charge in [0.1, 0.15) is 11.3 Å². The Labute approximate surface area is 143 Å². The minimum absolute atomic E-state index is 0.000305. The molecule has 1 unspecified atom stereocenters. The van der Waals surface area contributed by atoms with Crippen LogP contribution in [-0.2, 0) is 0 Å². The molecule has 0 saturated carbocycles. The molecule has 4 heterocycles. The van der Waals surface area contributed by atoms with E-state index in [9.17, 15) is 4.79 Å². The maximum Gasteiger partial charge on any atom is 0.256 e. The maximum absolute atomic E-state index is 13.0. The van der Waals surface area contributed by atoms with E-state index in [4.69, 9.17) is 0 Å². The average Bonchev–Trinajstić information content (AvgIpc) is 3.29. The number of H-pyrrole nitrogens is 1. The van der Waals surface area contributed by atoms with Gasteiger partial charge in [-0.15, -0.1) is 11.3 Å². The number of carbonyl (C=O) groups excluding carboxylic acids is 1. The van der Waals surface area contributed by atoms with E-state index >= 15 is 0 Å². The van der Waals surface area contributed by atoms with E-state index in [1.54, 1.807) is 23.6 Å². The number of carbonyl (C=O) groups is 1. The third kappa shape index (κ3) is 2.70. The van der Waals surface area contributed by atoms with Gasteiger partial charge in [-0.1, -0.05) is 6.07 Å². The highest BCUT2D eigenvalue weighted by Gasteiger charge is 2.25. The second kappa shape index (κ2) is 6.33. The molecule has 3 aromatic rings. The van der Waals surface area contributed by atoms with Crippen molar-refractivity contribution in [2.45, 2.75) is 18.9 Å². The van der Waals surface area contributed by atoms with Crippen molar-refractivity contribution in [2.24, 2.45) is 0 Å². The molecular weight excluding hydrogens is 322 g/mol. The van der Waals surface area contributed by atoms with Crippen LogP contribution in [0.5, 0.6) is 0 Å². The molecule has 1 fully saturated rings. The highest BCUT2D eigenvalue weighted by Crippen LogP contribution is 2.26. The Morgan fingerprint density at radius 1 is 1.42 bits per heavy atom. The molecule has 1 amide bonds. The summed E-state index contributed by atoms with van der Waals surface area (Å²) in [6, 6.07) is 5.97. The first-order valence-corrected chi connectivity index (χ1v) is 8.98. The molecule has 6 nitrogen and oxygen atoms in total. The van der Waals surface area contributed by atoms with Crippen molar-refractivity contribution in [3.05, 3.63) is 35.3 Å². The number of aromatic amines is 1. The summed E-state index contributed by atoms with van der Waals surface area (Å²) in [6.45, 7) is 1.87. The predicted octanol–water partition coefficient (Wildman–Crippen LogP) is 2.51. The molecule has 0 spiro atoms. The number of nitrogens with zero attached hydrogens (tertiary/aromatic N) is 3. The Hall–Kier alpha value is -2.25. The van der Waals surface area contributed by atoms with Crippen LogP contribution < -0.4 is 5.32 Å². The molecule has 7 heteroatoms. The quantitative estimate of drug-likeness (QED) is 0.768. The van der Waals surface area contributed by atoms with Crippen LogP contribution in [0, 0.1) is 0 Å². The normalized spacial score (nSPS) is 18.0. The van der Waals surface area contributed by atoms with E-state index in [-0.39, 0.29) is 11.9 Å². The molecule has 1 aliphatic rings. The largest absolute Gasteiger partial charge is 0.337 e. The number of nitrogens with one attached hydrogen (secondary N) is 2. The van der Waals surface area contributed by atoms with Crippen molar-refractivity contribution in [3.63, 3.8) is 0 Å². The summed E-state index contributed by atoms with van der Waals surface area (Å²) in [6.07, 6.45) is 3.79. The summed E-state index contributed by atoms with van der Waals surface area (Å²) >= 11 is 1.61. The number of thiophene rings is 1.